The molecule has 0 aliphatic carbocycles. The van der Waals surface area contributed by atoms with Crippen molar-refractivity contribution in [2.24, 2.45) is 0 Å². The Kier molecular flexibility index (Phi) is 7.65. The average Bonchev–Trinajstić information content (AvgIpc) is 2.75. The van der Waals surface area contributed by atoms with E-state index in [4.69, 9.17) is 14.2 Å². The molecule has 1 amide bonds. The Morgan fingerprint density at radius 1 is 1.06 bits per heavy atom. The lowest BCUT2D eigenvalue weighted by molar-refractivity contribution is -0.114. The molecule has 0 radical (unpaired) electrons. The number of hydrogen-bond acceptors (Lipinski definition) is 7. The summed E-state index contributed by atoms with van der Waals surface area (Å²) >= 11 is 0. The summed E-state index contributed by atoms with van der Waals surface area (Å²) in [5.41, 5.74) is 0.457. The zero-order chi connectivity index (χ0) is 23.2. The predicted octanol–water partition coefficient (Wildman–Crippen LogP) is 2.83. The van der Waals surface area contributed by atoms with E-state index >= 15 is 0 Å². The Bertz CT molecular complexity index is 1080. The summed E-state index contributed by atoms with van der Waals surface area (Å²) in [7, 11) is -0.143. The van der Waals surface area contributed by atoms with E-state index in [9.17, 15) is 18.0 Å². The number of benzene rings is 2. The lowest BCUT2D eigenvalue weighted by atomic mass is 10.1. The zero-order valence-electron chi connectivity index (χ0n) is 17.7. The van der Waals surface area contributed by atoms with E-state index in [1.54, 1.807) is 0 Å². The molecule has 0 aliphatic rings. The van der Waals surface area contributed by atoms with Gasteiger partial charge in [-0.25, -0.2) is 13.2 Å². The Morgan fingerprint density at radius 2 is 1.65 bits per heavy atom. The second-order valence-corrected chi connectivity index (χ2v) is 8.11. The smallest absolute Gasteiger partial charge is 0.340 e. The van der Waals surface area contributed by atoms with Crippen LogP contribution >= 0.6 is 0 Å². The van der Waals surface area contributed by atoms with Gasteiger partial charge in [-0.05, 0) is 24.3 Å². The summed E-state index contributed by atoms with van der Waals surface area (Å²) in [5, 5.41) is 2.57. The molecule has 0 aromatic heterocycles. The summed E-state index contributed by atoms with van der Waals surface area (Å²) in [4.78, 5) is 23.6. The fourth-order valence-electron chi connectivity index (χ4n) is 2.83. The van der Waals surface area contributed by atoms with E-state index < -0.39 is 16.0 Å². The van der Waals surface area contributed by atoms with Gasteiger partial charge >= 0.3 is 5.97 Å². The molecule has 10 heteroatoms. The quantitative estimate of drug-likeness (QED) is 0.464. The predicted molar refractivity (Wildman–Crippen MR) is 116 cm³/mol. The number of amides is 1. The Hall–Kier alpha value is -3.53. The van der Waals surface area contributed by atoms with Gasteiger partial charge in [0.05, 0.1) is 44.0 Å². The minimum Gasteiger partial charge on any atom is -0.493 e. The number of methoxy groups -OCH3 is 3. The van der Waals surface area contributed by atoms with Gasteiger partial charge in [0.2, 0.25) is 5.91 Å². The molecule has 0 aliphatic heterocycles. The number of anilines is 2. The molecule has 166 valence electrons. The van der Waals surface area contributed by atoms with Gasteiger partial charge in [0, 0.05) is 24.7 Å². The van der Waals surface area contributed by atoms with Crippen LogP contribution in [0, 0.1) is 0 Å². The fraction of sp³-hybridized carbons (Fsp3) is 0.238. The summed E-state index contributed by atoms with van der Waals surface area (Å²) in [6.07, 6.45) is 1.39. The molecule has 0 atom stereocenters. The van der Waals surface area contributed by atoms with Crippen LogP contribution in [-0.2, 0) is 19.6 Å². The van der Waals surface area contributed by atoms with Crippen molar-refractivity contribution in [1.82, 2.24) is 0 Å². The average molecular weight is 448 g/mol. The van der Waals surface area contributed by atoms with Crippen LogP contribution in [-0.4, -0.2) is 48.2 Å². The van der Waals surface area contributed by atoms with Gasteiger partial charge in [-0.2, -0.15) is 0 Å². The first-order chi connectivity index (χ1) is 14.7. The third-order valence-electron chi connectivity index (χ3n) is 4.23. The molecule has 0 unspecified atom stereocenters. The highest BCUT2D eigenvalue weighted by atomic mass is 32.2. The van der Waals surface area contributed by atoms with E-state index in [1.165, 1.54) is 70.7 Å². The molecule has 0 saturated carbocycles. The normalized spacial score (nSPS) is 10.7. The van der Waals surface area contributed by atoms with Crippen LogP contribution in [0.3, 0.4) is 0 Å². The molecule has 0 spiro atoms. The molecule has 2 aromatic carbocycles. The topological polar surface area (TPSA) is 111 Å². The first-order valence-electron chi connectivity index (χ1n) is 9.05. The number of hydrogen-bond donors (Lipinski definition) is 1. The highest BCUT2D eigenvalue weighted by molar-refractivity contribution is 7.92. The van der Waals surface area contributed by atoms with Crippen molar-refractivity contribution in [3.63, 3.8) is 0 Å². The largest absolute Gasteiger partial charge is 0.493 e. The van der Waals surface area contributed by atoms with Crippen molar-refractivity contribution >= 4 is 33.3 Å². The molecule has 0 saturated heterocycles. The number of rotatable bonds is 9. The molecule has 1 N–H and O–H groups in total. The van der Waals surface area contributed by atoms with Crippen molar-refractivity contribution < 1.29 is 32.2 Å². The highest BCUT2D eigenvalue weighted by Gasteiger charge is 2.30. The Labute approximate surface area is 181 Å². The van der Waals surface area contributed by atoms with Crippen LogP contribution in [0.5, 0.6) is 11.5 Å². The van der Waals surface area contributed by atoms with Crippen LogP contribution in [0.25, 0.3) is 0 Å². The minimum atomic E-state index is -4.13. The Morgan fingerprint density at radius 3 is 2.13 bits per heavy atom. The highest BCUT2D eigenvalue weighted by Crippen LogP contribution is 2.37. The van der Waals surface area contributed by atoms with Gasteiger partial charge in [-0.15, -0.1) is 6.58 Å². The second-order valence-electron chi connectivity index (χ2n) is 6.25. The van der Waals surface area contributed by atoms with Crippen LogP contribution in [0.1, 0.15) is 17.3 Å². The number of carbonyl (C=O) groups is 2. The summed E-state index contributed by atoms with van der Waals surface area (Å²) < 4.78 is 43.2. The molecule has 2 rings (SSSR count). The van der Waals surface area contributed by atoms with Crippen molar-refractivity contribution in [2.75, 3.05) is 37.5 Å². The standard InChI is InChI=1S/C21H24N2O7S/c1-6-11-23(31(26,27)16-9-7-15(8-10-16)22-14(2)24)18-13-20(29-4)19(28-3)12-17(18)21(25)30-5/h6-10,12-13H,1,11H2,2-5H3,(H,22,24). The number of ether oxygens (including phenoxy) is 3. The van der Waals surface area contributed by atoms with Gasteiger partial charge in [-0.3, -0.25) is 9.10 Å². The first kappa shape index (κ1) is 23.7. The van der Waals surface area contributed by atoms with Gasteiger partial charge in [0.25, 0.3) is 10.0 Å². The lowest BCUT2D eigenvalue weighted by Gasteiger charge is -2.26. The molecular weight excluding hydrogens is 424 g/mol. The zero-order valence-corrected chi connectivity index (χ0v) is 18.5. The summed E-state index contributed by atoms with van der Waals surface area (Å²) in [6, 6.07) is 8.39. The van der Waals surface area contributed by atoms with Gasteiger partial charge < -0.3 is 19.5 Å². The molecule has 31 heavy (non-hydrogen) atoms. The first-order valence-corrected chi connectivity index (χ1v) is 10.5. The van der Waals surface area contributed by atoms with Crippen LogP contribution in [0.2, 0.25) is 0 Å². The van der Waals surface area contributed by atoms with Gasteiger partial charge in [0.15, 0.2) is 11.5 Å². The molecule has 2 aromatic rings. The number of esters is 1. The summed E-state index contributed by atoms with van der Waals surface area (Å²) in [6.45, 7) is 4.84. The lowest BCUT2D eigenvalue weighted by Crippen LogP contribution is -2.32. The monoisotopic (exact) mass is 448 g/mol. The third kappa shape index (κ3) is 5.15. The van der Waals surface area contributed by atoms with Crippen LogP contribution in [0.15, 0.2) is 53.9 Å². The number of sulfonamides is 1. The third-order valence-corrected chi connectivity index (χ3v) is 6.03. The van der Waals surface area contributed by atoms with E-state index in [0.717, 1.165) is 4.31 Å². The van der Waals surface area contributed by atoms with Crippen molar-refractivity contribution in [3.8, 4) is 11.5 Å². The molecule has 0 fully saturated rings. The molecular formula is C21H24N2O7S. The van der Waals surface area contributed by atoms with E-state index in [1.807, 2.05) is 0 Å². The van der Waals surface area contributed by atoms with Crippen molar-refractivity contribution in [3.05, 3.63) is 54.6 Å². The second kappa shape index (κ2) is 9.98. The molecule has 0 bridgehead atoms. The maximum Gasteiger partial charge on any atom is 0.340 e. The molecule has 0 heterocycles. The fourth-order valence-corrected chi connectivity index (χ4v) is 4.28. The SMILES string of the molecule is C=CCN(c1cc(OC)c(OC)cc1C(=O)OC)S(=O)(=O)c1ccc(NC(C)=O)cc1. The maximum absolute atomic E-state index is 13.4. The van der Waals surface area contributed by atoms with Gasteiger partial charge in [-0.1, -0.05) is 6.08 Å². The molecule has 9 nitrogen and oxygen atoms in total. The van der Waals surface area contributed by atoms with Gasteiger partial charge in [0.1, 0.15) is 0 Å². The van der Waals surface area contributed by atoms with E-state index in [-0.39, 0.29) is 40.1 Å². The maximum atomic E-state index is 13.4. The van der Waals surface area contributed by atoms with Crippen molar-refractivity contribution in [2.45, 2.75) is 11.8 Å². The minimum absolute atomic E-state index is 0.0274. The van der Waals surface area contributed by atoms with Crippen molar-refractivity contribution in [1.29, 1.82) is 0 Å². The number of nitrogens with one attached hydrogen (secondary N) is 1. The van der Waals surface area contributed by atoms with Crippen LogP contribution in [0.4, 0.5) is 11.4 Å². The van der Waals surface area contributed by atoms with E-state index in [2.05, 4.69) is 11.9 Å². The number of nitrogens with zero attached hydrogens (tertiary/aromatic N) is 1. The Balaban J connectivity index is 2.67. The summed E-state index contributed by atoms with van der Waals surface area (Å²) in [5.74, 6) is -0.559. The van der Waals surface area contributed by atoms with E-state index in [0.29, 0.717) is 5.69 Å². The number of carbonyl (C=O) groups excluding carboxylic acids is 2. The van der Waals surface area contributed by atoms with Crippen LogP contribution < -0.4 is 19.1 Å².